The Morgan fingerprint density at radius 2 is 1.48 bits per heavy atom. The van der Waals surface area contributed by atoms with Crippen LogP contribution in [0.1, 0.15) is 57.1 Å². The van der Waals surface area contributed by atoms with Gasteiger partial charge in [-0.3, -0.25) is 4.79 Å². The van der Waals surface area contributed by atoms with Gasteiger partial charge >= 0.3 is 12.1 Å². The molecule has 3 atom stereocenters. The van der Waals surface area contributed by atoms with Crippen LogP contribution < -0.4 is 10.6 Å². The van der Waals surface area contributed by atoms with Crippen molar-refractivity contribution in [2.24, 2.45) is 5.92 Å². The van der Waals surface area contributed by atoms with Gasteiger partial charge in [0.05, 0.1) is 0 Å². The summed E-state index contributed by atoms with van der Waals surface area (Å²) in [6.45, 7) is 5.80. The van der Waals surface area contributed by atoms with Gasteiger partial charge in [-0.1, -0.05) is 75.7 Å². The lowest BCUT2D eigenvalue weighted by Crippen LogP contribution is -2.51. The minimum atomic E-state index is -1.08. The highest BCUT2D eigenvalue weighted by Gasteiger charge is 2.30. The third-order valence-electron chi connectivity index (χ3n) is 6.31. The van der Waals surface area contributed by atoms with E-state index in [1.807, 2.05) is 50.2 Å². The fourth-order valence-electron chi connectivity index (χ4n) is 4.20. The first kappa shape index (κ1) is 24.3. The molecule has 33 heavy (non-hydrogen) atoms. The molecular formula is C26H32N2O5. The van der Waals surface area contributed by atoms with Crippen LogP contribution in [0.25, 0.3) is 11.1 Å². The predicted molar refractivity (Wildman–Crippen MR) is 126 cm³/mol. The zero-order chi connectivity index (χ0) is 24.0. The van der Waals surface area contributed by atoms with E-state index in [2.05, 4.69) is 22.8 Å². The summed E-state index contributed by atoms with van der Waals surface area (Å²) in [5, 5.41) is 14.6. The van der Waals surface area contributed by atoms with Crippen molar-refractivity contribution in [3.8, 4) is 11.1 Å². The molecule has 1 aliphatic carbocycles. The zero-order valence-electron chi connectivity index (χ0n) is 19.3. The maximum atomic E-state index is 12.6. The first-order valence-electron chi connectivity index (χ1n) is 11.5. The van der Waals surface area contributed by atoms with E-state index in [4.69, 9.17) is 4.74 Å². The Morgan fingerprint density at radius 1 is 0.909 bits per heavy atom. The van der Waals surface area contributed by atoms with Crippen molar-refractivity contribution >= 4 is 18.0 Å². The summed E-state index contributed by atoms with van der Waals surface area (Å²) in [4.78, 5) is 36.7. The lowest BCUT2D eigenvalue weighted by atomic mass is 9.98. The standard InChI is InChI=1S/C26H32N2O5/c1-4-16(3)14-23(25(30)31)27-24(29)22(5-2)28-26(32)33-15-21-19-12-8-6-10-17(19)18-11-7-9-13-20(18)21/h6-13,16,21-23H,4-5,14-15H2,1-3H3,(H,27,29)(H,28,32)(H,30,31). The second-order valence-corrected chi connectivity index (χ2v) is 8.58. The molecule has 0 fully saturated rings. The highest BCUT2D eigenvalue weighted by Crippen LogP contribution is 2.44. The van der Waals surface area contributed by atoms with Crippen molar-refractivity contribution in [3.63, 3.8) is 0 Å². The van der Waals surface area contributed by atoms with Gasteiger partial charge in [-0.2, -0.15) is 0 Å². The molecule has 2 amide bonds. The summed E-state index contributed by atoms with van der Waals surface area (Å²) in [6, 6.07) is 14.2. The van der Waals surface area contributed by atoms with Gasteiger partial charge < -0.3 is 20.5 Å². The summed E-state index contributed by atoms with van der Waals surface area (Å²) in [7, 11) is 0. The first-order chi connectivity index (χ1) is 15.8. The molecule has 3 N–H and O–H groups in total. The molecule has 0 saturated heterocycles. The highest BCUT2D eigenvalue weighted by molar-refractivity contribution is 5.89. The van der Waals surface area contributed by atoms with E-state index >= 15 is 0 Å². The number of rotatable bonds is 10. The van der Waals surface area contributed by atoms with Crippen LogP contribution >= 0.6 is 0 Å². The number of amides is 2. The normalized spacial score (nSPS) is 15.0. The number of nitrogens with one attached hydrogen (secondary N) is 2. The average Bonchev–Trinajstić information content (AvgIpc) is 3.14. The number of carbonyl (C=O) groups is 3. The van der Waals surface area contributed by atoms with Gasteiger partial charge in [0, 0.05) is 5.92 Å². The van der Waals surface area contributed by atoms with Crippen LogP contribution in [0.5, 0.6) is 0 Å². The van der Waals surface area contributed by atoms with Crippen molar-refractivity contribution in [2.75, 3.05) is 6.61 Å². The van der Waals surface area contributed by atoms with Crippen molar-refractivity contribution in [2.45, 2.75) is 58.0 Å². The minimum absolute atomic E-state index is 0.0797. The number of carboxylic acids is 1. The smallest absolute Gasteiger partial charge is 0.407 e. The highest BCUT2D eigenvalue weighted by atomic mass is 16.5. The van der Waals surface area contributed by atoms with E-state index in [1.54, 1.807) is 6.92 Å². The summed E-state index contributed by atoms with van der Waals surface area (Å²) in [5.74, 6) is -1.54. The maximum Gasteiger partial charge on any atom is 0.407 e. The number of carbonyl (C=O) groups excluding carboxylic acids is 2. The largest absolute Gasteiger partial charge is 0.480 e. The molecule has 2 aromatic rings. The molecule has 0 heterocycles. The Labute approximate surface area is 194 Å². The number of hydrogen-bond donors (Lipinski definition) is 3. The molecule has 0 saturated carbocycles. The number of aliphatic carboxylic acids is 1. The number of ether oxygens (including phenoxy) is 1. The van der Waals surface area contributed by atoms with Crippen LogP contribution in [0.2, 0.25) is 0 Å². The number of benzene rings is 2. The summed E-state index contributed by atoms with van der Waals surface area (Å²) in [6.07, 6.45) is 0.757. The molecule has 2 aromatic carbocycles. The third-order valence-corrected chi connectivity index (χ3v) is 6.31. The minimum Gasteiger partial charge on any atom is -0.480 e. The number of carboxylic acid groups (broad SMARTS) is 1. The quantitative estimate of drug-likeness (QED) is 0.498. The fraction of sp³-hybridized carbons (Fsp3) is 0.423. The molecule has 3 rings (SSSR count). The molecule has 0 spiro atoms. The molecule has 0 aromatic heterocycles. The Bertz CT molecular complexity index is 960. The molecule has 7 nitrogen and oxygen atoms in total. The van der Waals surface area contributed by atoms with Crippen molar-refractivity contribution in [3.05, 3.63) is 59.7 Å². The third kappa shape index (κ3) is 5.72. The molecule has 0 aliphatic heterocycles. The van der Waals surface area contributed by atoms with Gasteiger partial charge in [-0.15, -0.1) is 0 Å². The Kier molecular flexibility index (Phi) is 8.09. The molecule has 1 aliphatic rings. The van der Waals surface area contributed by atoms with Gasteiger partial charge in [0.25, 0.3) is 0 Å². The number of fused-ring (bicyclic) bond motifs is 3. The summed E-state index contributed by atoms with van der Waals surface area (Å²) < 4.78 is 5.51. The van der Waals surface area contributed by atoms with Crippen LogP contribution in [0.3, 0.4) is 0 Å². The molecule has 7 heteroatoms. The van der Waals surface area contributed by atoms with E-state index < -0.39 is 30.1 Å². The van der Waals surface area contributed by atoms with E-state index in [1.165, 1.54) is 0 Å². The summed E-state index contributed by atoms with van der Waals surface area (Å²) in [5.41, 5.74) is 4.47. The average molecular weight is 453 g/mol. The maximum absolute atomic E-state index is 12.6. The van der Waals surface area contributed by atoms with Crippen LogP contribution in [-0.4, -0.2) is 41.8 Å². The van der Waals surface area contributed by atoms with Gasteiger partial charge in [0.1, 0.15) is 18.7 Å². The summed E-state index contributed by atoms with van der Waals surface area (Å²) >= 11 is 0. The predicted octanol–water partition coefficient (Wildman–Crippen LogP) is 4.31. The van der Waals surface area contributed by atoms with Gasteiger partial charge in [-0.05, 0) is 41.0 Å². The van der Waals surface area contributed by atoms with E-state index in [0.29, 0.717) is 12.8 Å². The SMILES string of the molecule is CCC(C)CC(NC(=O)C(CC)NC(=O)OCC1c2ccccc2-c2ccccc21)C(=O)O. The van der Waals surface area contributed by atoms with Crippen molar-refractivity contribution < 1.29 is 24.2 Å². The van der Waals surface area contributed by atoms with E-state index in [0.717, 1.165) is 28.7 Å². The number of alkyl carbamates (subject to hydrolysis) is 1. The fourth-order valence-corrected chi connectivity index (χ4v) is 4.20. The van der Waals surface area contributed by atoms with Crippen LogP contribution in [0.15, 0.2) is 48.5 Å². The number of hydrogen-bond acceptors (Lipinski definition) is 4. The van der Waals surface area contributed by atoms with Crippen LogP contribution in [0, 0.1) is 5.92 Å². The monoisotopic (exact) mass is 452 g/mol. The van der Waals surface area contributed by atoms with Gasteiger partial charge in [0.15, 0.2) is 0 Å². The second-order valence-electron chi connectivity index (χ2n) is 8.58. The molecule has 0 bridgehead atoms. The lowest BCUT2D eigenvalue weighted by molar-refractivity contribution is -0.142. The van der Waals surface area contributed by atoms with Crippen LogP contribution in [-0.2, 0) is 14.3 Å². The Morgan fingerprint density at radius 3 is 2.00 bits per heavy atom. The van der Waals surface area contributed by atoms with Crippen LogP contribution in [0.4, 0.5) is 4.79 Å². The molecule has 176 valence electrons. The van der Waals surface area contributed by atoms with E-state index in [-0.39, 0.29) is 18.4 Å². The first-order valence-corrected chi connectivity index (χ1v) is 11.5. The van der Waals surface area contributed by atoms with E-state index in [9.17, 15) is 19.5 Å². The van der Waals surface area contributed by atoms with Gasteiger partial charge in [0.2, 0.25) is 5.91 Å². The second kappa shape index (κ2) is 11.0. The molecule has 3 unspecified atom stereocenters. The zero-order valence-corrected chi connectivity index (χ0v) is 19.3. The topological polar surface area (TPSA) is 105 Å². The van der Waals surface area contributed by atoms with Crippen molar-refractivity contribution in [1.29, 1.82) is 0 Å². The van der Waals surface area contributed by atoms with Gasteiger partial charge in [-0.25, -0.2) is 9.59 Å². The molecule has 0 radical (unpaired) electrons. The Balaban J connectivity index is 1.60. The Hall–Kier alpha value is -3.35. The van der Waals surface area contributed by atoms with Crippen molar-refractivity contribution in [1.82, 2.24) is 10.6 Å². The molecular weight excluding hydrogens is 420 g/mol. The lowest BCUT2D eigenvalue weighted by Gasteiger charge is -2.22.